The molecular weight excluding hydrogens is 314 g/mol. The fourth-order valence-corrected chi connectivity index (χ4v) is 2.65. The molecule has 4 rings (SSSR count). The molecule has 2 N–H and O–H groups in total. The molecular formula is C14H15N7O3. The van der Waals surface area contributed by atoms with Crippen LogP contribution in [0.4, 0.5) is 5.82 Å². The van der Waals surface area contributed by atoms with Crippen molar-refractivity contribution in [3.8, 4) is 11.4 Å². The van der Waals surface area contributed by atoms with Gasteiger partial charge in [0.05, 0.1) is 25.0 Å². The van der Waals surface area contributed by atoms with Gasteiger partial charge in [0.15, 0.2) is 22.8 Å². The van der Waals surface area contributed by atoms with Gasteiger partial charge in [0, 0.05) is 26.3 Å². The van der Waals surface area contributed by atoms with E-state index in [1.807, 2.05) is 11.9 Å². The van der Waals surface area contributed by atoms with Crippen molar-refractivity contribution in [3.05, 3.63) is 18.2 Å². The van der Waals surface area contributed by atoms with Crippen LogP contribution in [0.2, 0.25) is 0 Å². The minimum atomic E-state index is -1.14. The van der Waals surface area contributed by atoms with Crippen molar-refractivity contribution >= 4 is 23.0 Å². The summed E-state index contributed by atoms with van der Waals surface area (Å²) in [5.41, 5.74) is 1.59. The molecule has 0 amide bonds. The standard InChI is InChI=1S/C14H15N7O3/c1-20-7-8(6-15-20)10-17-11-9(16-12(18-11)14(22)23)13(19-10)21-2-4-24-5-3-21/h6-7H,2-5H2,1H3,(H,22,23)(H,16,17,18,19). The highest BCUT2D eigenvalue weighted by Crippen LogP contribution is 2.26. The topological polar surface area (TPSA) is 122 Å². The zero-order chi connectivity index (χ0) is 16.7. The van der Waals surface area contributed by atoms with Gasteiger partial charge in [-0.2, -0.15) is 5.10 Å². The van der Waals surface area contributed by atoms with E-state index in [0.29, 0.717) is 49.1 Å². The number of morpholine rings is 1. The maximum Gasteiger partial charge on any atom is 0.371 e. The Labute approximate surface area is 136 Å². The van der Waals surface area contributed by atoms with Gasteiger partial charge in [-0.05, 0) is 0 Å². The molecule has 10 heteroatoms. The number of H-pyrrole nitrogens is 1. The van der Waals surface area contributed by atoms with E-state index in [-0.39, 0.29) is 5.82 Å². The SMILES string of the molecule is Cn1cc(-c2nc(N3CCOCC3)c3nc(C(=O)O)[nH]c3n2)cn1. The molecule has 1 saturated heterocycles. The second-order valence-corrected chi connectivity index (χ2v) is 5.46. The first kappa shape index (κ1) is 14.6. The number of aryl methyl sites for hydroxylation is 1. The number of rotatable bonds is 3. The average Bonchev–Trinajstić information content (AvgIpc) is 3.20. The molecule has 124 valence electrons. The smallest absolute Gasteiger partial charge is 0.371 e. The largest absolute Gasteiger partial charge is 0.475 e. The summed E-state index contributed by atoms with van der Waals surface area (Å²) in [6.45, 7) is 2.50. The summed E-state index contributed by atoms with van der Waals surface area (Å²) in [7, 11) is 1.81. The van der Waals surface area contributed by atoms with Gasteiger partial charge in [0.25, 0.3) is 0 Å². The van der Waals surface area contributed by atoms with Crippen LogP contribution in [0.1, 0.15) is 10.6 Å². The molecule has 4 heterocycles. The Hall–Kier alpha value is -3.01. The molecule has 0 spiro atoms. The summed E-state index contributed by atoms with van der Waals surface area (Å²) in [5.74, 6) is -0.218. The van der Waals surface area contributed by atoms with E-state index in [4.69, 9.17) is 4.74 Å². The number of aromatic carboxylic acids is 1. The first-order chi connectivity index (χ1) is 11.6. The van der Waals surface area contributed by atoms with Gasteiger partial charge in [0.2, 0.25) is 5.82 Å². The third kappa shape index (κ3) is 2.46. The van der Waals surface area contributed by atoms with E-state index in [1.165, 1.54) is 0 Å². The van der Waals surface area contributed by atoms with E-state index >= 15 is 0 Å². The summed E-state index contributed by atoms with van der Waals surface area (Å²) < 4.78 is 7.03. The van der Waals surface area contributed by atoms with Crippen LogP contribution in [-0.4, -0.2) is 67.1 Å². The summed E-state index contributed by atoms with van der Waals surface area (Å²) in [6.07, 6.45) is 3.47. The quantitative estimate of drug-likeness (QED) is 0.703. The van der Waals surface area contributed by atoms with Crippen molar-refractivity contribution in [3.63, 3.8) is 0 Å². The number of carbonyl (C=O) groups is 1. The van der Waals surface area contributed by atoms with Gasteiger partial charge in [0.1, 0.15) is 0 Å². The first-order valence-electron chi connectivity index (χ1n) is 7.44. The van der Waals surface area contributed by atoms with Gasteiger partial charge in [-0.3, -0.25) is 4.68 Å². The van der Waals surface area contributed by atoms with Crippen LogP contribution in [0, 0.1) is 0 Å². The van der Waals surface area contributed by atoms with Crippen LogP contribution in [-0.2, 0) is 11.8 Å². The Morgan fingerprint density at radius 2 is 2.08 bits per heavy atom. The number of aromatic nitrogens is 6. The van der Waals surface area contributed by atoms with Gasteiger partial charge < -0.3 is 19.7 Å². The van der Waals surface area contributed by atoms with Crippen molar-refractivity contribution in [2.24, 2.45) is 7.05 Å². The van der Waals surface area contributed by atoms with Crippen LogP contribution in [0.25, 0.3) is 22.6 Å². The molecule has 0 saturated carbocycles. The molecule has 0 aromatic carbocycles. The molecule has 0 radical (unpaired) electrons. The second-order valence-electron chi connectivity index (χ2n) is 5.46. The lowest BCUT2D eigenvalue weighted by Gasteiger charge is -2.27. The molecule has 24 heavy (non-hydrogen) atoms. The highest BCUT2D eigenvalue weighted by atomic mass is 16.5. The maximum atomic E-state index is 11.2. The molecule has 1 aliphatic heterocycles. The van der Waals surface area contributed by atoms with Gasteiger partial charge in [-0.1, -0.05) is 0 Å². The molecule has 0 atom stereocenters. The van der Waals surface area contributed by atoms with Crippen LogP contribution in [0.5, 0.6) is 0 Å². The van der Waals surface area contributed by atoms with E-state index in [2.05, 4.69) is 25.0 Å². The lowest BCUT2D eigenvalue weighted by molar-refractivity contribution is 0.0685. The number of anilines is 1. The molecule has 1 aliphatic rings. The van der Waals surface area contributed by atoms with Crippen LogP contribution in [0.3, 0.4) is 0 Å². The van der Waals surface area contributed by atoms with Crippen LogP contribution >= 0.6 is 0 Å². The minimum absolute atomic E-state index is 0.155. The number of hydrogen-bond acceptors (Lipinski definition) is 7. The molecule has 1 fully saturated rings. The summed E-state index contributed by atoms with van der Waals surface area (Å²) in [4.78, 5) is 29.2. The highest BCUT2D eigenvalue weighted by molar-refractivity contribution is 5.92. The van der Waals surface area contributed by atoms with E-state index in [9.17, 15) is 9.90 Å². The van der Waals surface area contributed by atoms with E-state index < -0.39 is 5.97 Å². The molecule has 0 aliphatic carbocycles. The minimum Gasteiger partial charge on any atom is -0.475 e. The maximum absolute atomic E-state index is 11.2. The zero-order valence-corrected chi connectivity index (χ0v) is 12.9. The number of ether oxygens (including phenoxy) is 1. The zero-order valence-electron chi connectivity index (χ0n) is 12.9. The molecule has 10 nitrogen and oxygen atoms in total. The predicted molar refractivity (Wildman–Crippen MR) is 83.9 cm³/mol. The monoisotopic (exact) mass is 329 g/mol. The van der Waals surface area contributed by atoms with E-state index in [1.54, 1.807) is 17.1 Å². The number of imidazole rings is 1. The number of aromatic amines is 1. The fraction of sp³-hybridized carbons (Fsp3) is 0.357. The number of carboxylic acid groups (broad SMARTS) is 1. The van der Waals surface area contributed by atoms with Gasteiger partial charge in [-0.15, -0.1) is 0 Å². The number of fused-ring (bicyclic) bond motifs is 1. The predicted octanol–water partition coefficient (Wildman–Crippen LogP) is 0.288. The van der Waals surface area contributed by atoms with Gasteiger partial charge in [-0.25, -0.2) is 19.7 Å². The average molecular weight is 329 g/mol. The Morgan fingerprint density at radius 3 is 2.75 bits per heavy atom. The van der Waals surface area contributed by atoms with Crippen LogP contribution < -0.4 is 4.90 Å². The molecule has 3 aromatic rings. The first-order valence-corrected chi connectivity index (χ1v) is 7.44. The highest BCUT2D eigenvalue weighted by Gasteiger charge is 2.22. The number of nitrogens with zero attached hydrogens (tertiary/aromatic N) is 6. The number of hydrogen-bond donors (Lipinski definition) is 2. The third-order valence-corrected chi connectivity index (χ3v) is 3.80. The van der Waals surface area contributed by atoms with Crippen molar-refractivity contribution in [1.82, 2.24) is 29.7 Å². The van der Waals surface area contributed by atoms with Crippen molar-refractivity contribution in [2.75, 3.05) is 31.2 Å². The summed E-state index contributed by atoms with van der Waals surface area (Å²) in [5, 5.41) is 13.3. The molecule has 0 unspecified atom stereocenters. The Bertz CT molecular complexity index is 910. The lowest BCUT2D eigenvalue weighted by Crippen LogP contribution is -2.37. The number of nitrogens with one attached hydrogen (secondary N) is 1. The summed E-state index contributed by atoms with van der Waals surface area (Å²) >= 11 is 0. The Kier molecular flexibility index (Phi) is 3.38. The summed E-state index contributed by atoms with van der Waals surface area (Å²) in [6, 6.07) is 0. The fourth-order valence-electron chi connectivity index (χ4n) is 2.65. The normalized spacial score (nSPS) is 15.1. The number of carboxylic acids is 1. The lowest BCUT2D eigenvalue weighted by atomic mass is 10.3. The van der Waals surface area contributed by atoms with Crippen molar-refractivity contribution in [2.45, 2.75) is 0 Å². The second kappa shape index (κ2) is 5.57. The Morgan fingerprint density at radius 1 is 1.29 bits per heavy atom. The van der Waals surface area contributed by atoms with Crippen molar-refractivity contribution < 1.29 is 14.6 Å². The van der Waals surface area contributed by atoms with Gasteiger partial charge >= 0.3 is 5.97 Å². The Balaban J connectivity index is 1.90. The van der Waals surface area contributed by atoms with Crippen molar-refractivity contribution in [1.29, 1.82) is 0 Å². The molecule has 3 aromatic heterocycles. The van der Waals surface area contributed by atoms with E-state index in [0.717, 1.165) is 5.56 Å². The third-order valence-electron chi connectivity index (χ3n) is 3.80. The molecule has 0 bridgehead atoms. The van der Waals surface area contributed by atoms with Crippen LogP contribution in [0.15, 0.2) is 12.4 Å².